The van der Waals surface area contributed by atoms with Crippen LogP contribution in [0.3, 0.4) is 0 Å². The number of sulfonamides is 1. The number of benzene rings is 1. The maximum atomic E-state index is 13.2. The second-order valence-electron chi connectivity index (χ2n) is 3.44. The molecule has 0 heterocycles. The Morgan fingerprint density at radius 3 is 2.28 bits per heavy atom. The van der Waals surface area contributed by atoms with Gasteiger partial charge >= 0.3 is 0 Å². The van der Waals surface area contributed by atoms with E-state index in [1.54, 1.807) is 4.72 Å². The van der Waals surface area contributed by atoms with Crippen molar-refractivity contribution < 1.29 is 21.6 Å². The lowest BCUT2D eigenvalue weighted by Crippen LogP contribution is -2.35. The molecule has 18 heavy (non-hydrogen) atoms. The topological polar surface area (TPSA) is 72.2 Å². The first-order valence-electron chi connectivity index (χ1n) is 4.60. The highest BCUT2D eigenvalue weighted by molar-refractivity contribution is 7.95. The molecule has 100 valence electrons. The predicted octanol–water partition coefficient (Wildman–Crippen LogP) is 1.52. The Morgan fingerprint density at radius 2 is 1.78 bits per heavy atom. The molecular formula is C9H9F3N2O2S2. The van der Waals surface area contributed by atoms with Gasteiger partial charge in [-0.1, -0.05) is 12.2 Å². The first-order valence-corrected chi connectivity index (χ1v) is 6.56. The standard InChI is InChI=1S/C9H9F3N2O2S2/c1-4(9(13)17)18(15,16)14-8-3-6(11)5(10)2-7(8)12/h2-4,14H,1H3,(H2,13,17). The Morgan fingerprint density at radius 1 is 1.28 bits per heavy atom. The molecule has 3 N–H and O–H groups in total. The van der Waals surface area contributed by atoms with E-state index in [9.17, 15) is 21.6 Å². The molecule has 1 aromatic rings. The fourth-order valence-electron chi connectivity index (χ4n) is 0.995. The summed E-state index contributed by atoms with van der Waals surface area (Å²) in [7, 11) is -4.11. The van der Waals surface area contributed by atoms with E-state index in [0.29, 0.717) is 6.07 Å². The minimum Gasteiger partial charge on any atom is -0.392 e. The maximum Gasteiger partial charge on any atom is 0.241 e. The van der Waals surface area contributed by atoms with Crippen LogP contribution in [0.2, 0.25) is 0 Å². The van der Waals surface area contributed by atoms with E-state index in [1.165, 1.54) is 6.92 Å². The largest absolute Gasteiger partial charge is 0.392 e. The average Bonchev–Trinajstić information content (AvgIpc) is 2.24. The molecule has 1 aromatic carbocycles. The molecule has 0 saturated carbocycles. The van der Waals surface area contributed by atoms with Crippen LogP contribution in [0.1, 0.15) is 6.92 Å². The van der Waals surface area contributed by atoms with E-state index < -0.39 is 38.4 Å². The molecule has 0 aliphatic rings. The number of hydrogen-bond acceptors (Lipinski definition) is 3. The number of halogens is 3. The van der Waals surface area contributed by atoms with E-state index >= 15 is 0 Å². The molecule has 0 aromatic heterocycles. The molecule has 0 amide bonds. The number of nitrogens with one attached hydrogen (secondary N) is 1. The van der Waals surface area contributed by atoms with Gasteiger partial charge in [-0.05, 0) is 6.92 Å². The summed E-state index contributed by atoms with van der Waals surface area (Å²) in [6.45, 7) is 1.18. The Balaban J connectivity index is 3.13. The number of anilines is 1. The number of nitrogens with two attached hydrogens (primary N) is 1. The Bertz CT molecular complexity index is 590. The van der Waals surface area contributed by atoms with Gasteiger partial charge in [0.25, 0.3) is 0 Å². The van der Waals surface area contributed by atoms with Crippen molar-refractivity contribution in [3.63, 3.8) is 0 Å². The molecular weight excluding hydrogens is 289 g/mol. The van der Waals surface area contributed by atoms with Crippen molar-refractivity contribution in [2.24, 2.45) is 5.73 Å². The minimum absolute atomic E-state index is 0.235. The van der Waals surface area contributed by atoms with Gasteiger partial charge in [-0.15, -0.1) is 0 Å². The van der Waals surface area contributed by atoms with Gasteiger partial charge in [-0.25, -0.2) is 21.6 Å². The molecule has 1 atom stereocenters. The van der Waals surface area contributed by atoms with Crippen LogP contribution in [0.15, 0.2) is 12.1 Å². The quantitative estimate of drug-likeness (QED) is 0.653. The summed E-state index contributed by atoms with van der Waals surface area (Å²) in [5, 5.41) is -1.28. The van der Waals surface area contributed by atoms with Crippen molar-refractivity contribution in [2.75, 3.05) is 4.72 Å². The fourth-order valence-corrected chi connectivity index (χ4v) is 2.32. The van der Waals surface area contributed by atoms with Gasteiger partial charge in [-0.2, -0.15) is 0 Å². The van der Waals surface area contributed by atoms with E-state index in [0.717, 1.165) is 0 Å². The Labute approximate surface area is 107 Å². The van der Waals surface area contributed by atoms with Crippen molar-refractivity contribution in [2.45, 2.75) is 12.2 Å². The number of hydrogen-bond donors (Lipinski definition) is 2. The molecule has 0 aliphatic heterocycles. The van der Waals surface area contributed by atoms with Crippen LogP contribution in [-0.4, -0.2) is 18.7 Å². The molecule has 0 aliphatic carbocycles. The zero-order valence-corrected chi connectivity index (χ0v) is 10.7. The van der Waals surface area contributed by atoms with Gasteiger partial charge in [0, 0.05) is 12.1 Å². The molecule has 1 rings (SSSR count). The Hall–Kier alpha value is -1.35. The van der Waals surface area contributed by atoms with E-state index in [2.05, 4.69) is 12.2 Å². The van der Waals surface area contributed by atoms with Crippen LogP contribution < -0.4 is 10.5 Å². The van der Waals surface area contributed by atoms with Crippen molar-refractivity contribution >= 4 is 32.9 Å². The van der Waals surface area contributed by atoms with Crippen LogP contribution in [0.5, 0.6) is 0 Å². The van der Waals surface area contributed by atoms with Gasteiger partial charge in [0.15, 0.2) is 11.6 Å². The van der Waals surface area contributed by atoms with Gasteiger partial charge < -0.3 is 5.73 Å². The second-order valence-corrected chi connectivity index (χ2v) is 5.91. The summed E-state index contributed by atoms with van der Waals surface area (Å²) in [6, 6.07) is 0.632. The molecule has 1 unspecified atom stereocenters. The van der Waals surface area contributed by atoms with Crippen LogP contribution in [0.25, 0.3) is 0 Å². The van der Waals surface area contributed by atoms with Crippen molar-refractivity contribution in [1.82, 2.24) is 0 Å². The molecule has 0 spiro atoms. The third-order valence-corrected chi connectivity index (χ3v) is 4.32. The molecule has 0 bridgehead atoms. The predicted molar refractivity (Wildman–Crippen MR) is 65.1 cm³/mol. The highest BCUT2D eigenvalue weighted by Crippen LogP contribution is 2.20. The van der Waals surface area contributed by atoms with E-state index in [-0.39, 0.29) is 11.1 Å². The van der Waals surface area contributed by atoms with Crippen LogP contribution in [-0.2, 0) is 10.0 Å². The molecule has 9 heteroatoms. The highest BCUT2D eigenvalue weighted by Gasteiger charge is 2.25. The number of rotatable bonds is 4. The summed E-state index contributed by atoms with van der Waals surface area (Å²) in [5.41, 5.74) is 4.44. The maximum absolute atomic E-state index is 13.2. The first kappa shape index (κ1) is 14.7. The second kappa shape index (κ2) is 5.11. The van der Waals surface area contributed by atoms with E-state index in [1.807, 2.05) is 0 Å². The zero-order valence-electron chi connectivity index (χ0n) is 9.08. The highest BCUT2D eigenvalue weighted by atomic mass is 32.2. The number of thiocarbonyl (C=S) groups is 1. The SMILES string of the molecule is CC(C(N)=S)S(=O)(=O)Nc1cc(F)c(F)cc1F. The van der Waals surface area contributed by atoms with Crippen molar-refractivity contribution in [3.05, 3.63) is 29.6 Å². The van der Waals surface area contributed by atoms with Crippen molar-refractivity contribution in [3.8, 4) is 0 Å². The van der Waals surface area contributed by atoms with Crippen molar-refractivity contribution in [1.29, 1.82) is 0 Å². The lowest BCUT2D eigenvalue weighted by Gasteiger charge is -2.14. The smallest absolute Gasteiger partial charge is 0.241 e. The summed E-state index contributed by atoms with van der Waals surface area (Å²) in [5.74, 6) is -4.04. The normalized spacial score (nSPS) is 13.1. The summed E-state index contributed by atoms with van der Waals surface area (Å²) >= 11 is 4.49. The lowest BCUT2D eigenvalue weighted by molar-refractivity contribution is 0.496. The minimum atomic E-state index is -4.11. The molecule has 0 fully saturated rings. The third-order valence-electron chi connectivity index (χ3n) is 2.13. The van der Waals surface area contributed by atoms with Gasteiger partial charge in [-0.3, -0.25) is 4.72 Å². The van der Waals surface area contributed by atoms with Crippen LogP contribution in [0.4, 0.5) is 18.9 Å². The monoisotopic (exact) mass is 298 g/mol. The molecule has 0 radical (unpaired) electrons. The van der Waals surface area contributed by atoms with Gasteiger partial charge in [0.1, 0.15) is 11.1 Å². The fraction of sp³-hybridized carbons (Fsp3) is 0.222. The average molecular weight is 298 g/mol. The van der Waals surface area contributed by atoms with Gasteiger partial charge in [0.05, 0.1) is 10.7 Å². The third kappa shape index (κ3) is 3.10. The van der Waals surface area contributed by atoms with E-state index in [4.69, 9.17) is 5.73 Å². The Kier molecular flexibility index (Phi) is 4.17. The first-order chi connectivity index (χ1) is 8.15. The summed E-state index contributed by atoms with van der Waals surface area (Å²) in [6.07, 6.45) is 0. The van der Waals surface area contributed by atoms with Crippen LogP contribution >= 0.6 is 12.2 Å². The summed E-state index contributed by atoms with van der Waals surface area (Å²) in [4.78, 5) is -0.328. The molecule has 4 nitrogen and oxygen atoms in total. The van der Waals surface area contributed by atoms with Crippen LogP contribution in [0, 0.1) is 17.5 Å². The molecule has 0 saturated heterocycles. The zero-order chi connectivity index (χ0) is 14.1. The lowest BCUT2D eigenvalue weighted by atomic mass is 10.3. The summed E-state index contributed by atoms with van der Waals surface area (Å²) < 4.78 is 63.8. The van der Waals surface area contributed by atoms with Gasteiger partial charge in [0.2, 0.25) is 10.0 Å².